The van der Waals surface area contributed by atoms with Gasteiger partial charge in [0, 0.05) is 42.3 Å². The number of sulfone groups is 1. The molecule has 0 spiro atoms. The van der Waals surface area contributed by atoms with Crippen molar-refractivity contribution in [2.45, 2.75) is 0 Å². The van der Waals surface area contributed by atoms with Crippen molar-refractivity contribution in [3.63, 3.8) is 0 Å². The minimum atomic E-state index is -2.90. The van der Waals surface area contributed by atoms with Crippen molar-refractivity contribution in [1.29, 1.82) is 0 Å². The average Bonchev–Trinajstić information content (AvgIpc) is 3.31. The van der Waals surface area contributed by atoms with Crippen LogP contribution in [-0.2, 0) is 9.84 Å². The van der Waals surface area contributed by atoms with Crippen LogP contribution in [0.3, 0.4) is 0 Å². The van der Waals surface area contributed by atoms with Crippen LogP contribution in [0, 0.1) is 11.8 Å². The molecule has 180 valence electrons. The van der Waals surface area contributed by atoms with E-state index in [0.29, 0.717) is 18.1 Å². The van der Waals surface area contributed by atoms with E-state index in [1.165, 1.54) is 0 Å². The van der Waals surface area contributed by atoms with E-state index in [1.807, 2.05) is 56.6 Å². The van der Waals surface area contributed by atoms with E-state index in [9.17, 15) is 8.42 Å². The topological polar surface area (TPSA) is 72.0 Å². The Labute approximate surface area is 201 Å². The van der Waals surface area contributed by atoms with E-state index in [0.717, 1.165) is 59.0 Å². The molecule has 0 radical (unpaired) electrons. The Morgan fingerprint density at radius 3 is 2.32 bits per heavy atom. The number of pyridine rings is 1. The molecule has 2 aliphatic heterocycles. The van der Waals surface area contributed by atoms with Gasteiger partial charge in [-0.2, -0.15) is 0 Å². The summed E-state index contributed by atoms with van der Waals surface area (Å²) >= 11 is 0. The van der Waals surface area contributed by atoms with Crippen LogP contribution in [0.4, 0.5) is 5.69 Å². The molecular formula is C26H31N3O4S. The van der Waals surface area contributed by atoms with Gasteiger partial charge in [-0.1, -0.05) is 0 Å². The SMILES string of the molecule is COc1ccc2c(N3CC4CS(=O)(=O)CC4C3)cc(-c3ccc(OCCN(C)C)cc3)nc2c1. The molecule has 3 aromatic rings. The molecule has 7 nitrogen and oxygen atoms in total. The van der Waals surface area contributed by atoms with Crippen molar-refractivity contribution < 1.29 is 17.9 Å². The molecule has 0 amide bonds. The molecule has 0 bridgehead atoms. The van der Waals surface area contributed by atoms with E-state index in [-0.39, 0.29) is 11.8 Å². The van der Waals surface area contributed by atoms with E-state index >= 15 is 0 Å². The van der Waals surface area contributed by atoms with Gasteiger partial charge in [0.25, 0.3) is 0 Å². The number of nitrogens with zero attached hydrogens (tertiary/aromatic N) is 3. The Morgan fingerprint density at radius 1 is 1.00 bits per heavy atom. The molecule has 0 saturated carbocycles. The molecule has 3 heterocycles. The third-order valence-electron chi connectivity index (χ3n) is 6.81. The number of hydrogen-bond acceptors (Lipinski definition) is 7. The fourth-order valence-corrected chi connectivity index (χ4v) is 7.22. The van der Waals surface area contributed by atoms with Gasteiger partial charge < -0.3 is 19.3 Å². The summed E-state index contributed by atoms with van der Waals surface area (Å²) in [6.45, 7) is 3.01. The number of benzene rings is 2. The lowest BCUT2D eigenvalue weighted by atomic mass is 10.0. The van der Waals surface area contributed by atoms with Gasteiger partial charge in [0.1, 0.15) is 18.1 Å². The van der Waals surface area contributed by atoms with Crippen LogP contribution in [0.1, 0.15) is 0 Å². The molecule has 2 saturated heterocycles. The molecule has 1 aromatic heterocycles. The molecule has 2 fully saturated rings. The third-order valence-corrected chi connectivity index (χ3v) is 8.68. The summed E-state index contributed by atoms with van der Waals surface area (Å²) < 4.78 is 35.4. The van der Waals surface area contributed by atoms with E-state index < -0.39 is 9.84 Å². The molecule has 2 atom stereocenters. The highest BCUT2D eigenvalue weighted by atomic mass is 32.2. The maximum Gasteiger partial charge on any atom is 0.151 e. The van der Waals surface area contributed by atoms with E-state index in [2.05, 4.69) is 15.9 Å². The molecule has 2 unspecified atom stereocenters. The lowest BCUT2D eigenvalue weighted by Crippen LogP contribution is -2.24. The molecule has 34 heavy (non-hydrogen) atoms. The van der Waals surface area contributed by atoms with Gasteiger partial charge in [0.2, 0.25) is 0 Å². The second-order valence-electron chi connectivity index (χ2n) is 9.59. The van der Waals surface area contributed by atoms with Gasteiger partial charge >= 0.3 is 0 Å². The van der Waals surface area contributed by atoms with Gasteiger partial charge in [-0.3, -0.25) is 0 Å². The smallest absolute Gasteiger partial charge is 0.151 e. The predicted molar refractivity (Wildman–Crippen MR) is 136 cm³/mol. The minimum Gasteiger partial charge on any atom is -0.497 e. The Hall–Kier alpha value is -2.84. The van der Waals surface area contributed by atoms with Crippen LogP contribution < -0.4 is 14.4 Å². The van der Waals surface area contributed by atoms with Crippen LogP contribution in [0.2, 0.25) is 0 Å². The van der Waals surface area contributed by atoms with Gasteiger partial charge in [-0.05, 0) is 68.4 Å². The summed E-state index contributed by atoms with van der Waals surface area (Å²) in [4.78, 5) is 9.37. The Kier molecular flexibility index (Phi) is 6.12. The second-order valence-corrected chi connectivity index (χ2v) is 11.7. The average molecular weight is 482 g/mol. The van der Waals surface area contributed by atoms with Crippen LogP contribution in [0.5, 0.6) is 11.5 Å². The highest BCUT2D eigenvalue weighted by Crippen LogP contribution is 2.39. The van der Waals surface area contributed by atoms with Gasteiger partial charge in [0.05, 0.1) is 29.8 Å². The molecule has 0 N–H and O–H groups in total. The number of rotatable bonds is 7. The van der Waals surface area contributed by atoms with Crippen LogP contribution >= 0.6 is 0 Å². The number of anilines is 1. The fourth-order valence-electron chi connectivity index (χ4n) is 5.03. The fraction of sp³-hybridized carbons (Fsp3) is 0.423. The number of aromatic nitrogens is 1. The van der Waals surface area contributed by atoms with Gasteiger partial charge in [-0.25, -0.2) is 13.4 Å². The Bertz CT molecular complexity index is 1270. The van der Waals surface area contributed by atoms with E-state index in [1.54, 1.807) is 7.11 Å². The molecule has 0 aliphatic carbocycles. The summed E-state index contributed by atoms with van der Waals surface area (Å²) in [5, 5.41) is 1.05. The lowest BCUT2D eigenvalue weighted by molar-refractivity contribution is 0.261. The first-order chi connectivity index (χ1) is 16.3. The zero-order valence-corrected chi connectivity index (χ0v) is 20.7. The summed E-state index contributed by atoms with van der Waals surface area (Å²) in [6, 6.07) is 16.1. The Balaban J connectivity index is 1.47. The monoisotopic (exact) mass is 481 g/mol. The van der Waals surface area contributed by atoms with Crippen molar-refractivity contribution in [3.8, 4) is 22.8 Å². The first kappa shape index (κ1) is 22.9. The second kappa shape index (κ2) is 9.07. The van der Waals surface area contributed by atoms with Crippen molar-refractivity contribution >= 4 is 26.4 Å². The number of hydrogen-bond donors (Lipinski definition) is 0. The van der Waals surface area contributed by atoms with Crippen molar-refractivity contribution in [2.75, 3.05) is 63.9 Å². The predicted octanol–water partition coefficient (Wildman–Crippen LogP) is 3.33. The Morgan fingerprint density at radius 2 is 1.68 bits per heavy atom. The highest BCUT2D eigenvalue weighted by molar-refractivity contribution is 7.91. The molecule has 8 heteroatoms. The number of methoxy groups -OCH3 is 1. The highest BCUT2D eigenvalue weighted by Gasteiger charge is 2.44. The van der Waals surface area contributed by atoms with Gasteiger partial charge in [0.15, 0.2) is 9.84 Å². The summed E-state index contributed by atoms with van der Waals surface area (Å²) in [5.41, 5.74) is 3.84. The van der Waals surface area contributed by atoms with Crippen LogP contribution in [0.15, 0.2) is 48.5 Å². The first-order valence-corrected chi connectivity index (χ1v) is 13.5. The maximum absolute atomic E-state index is 12.1. The van der Waals surface area contributed by atoms with Crippen molar-refractivity contribution in [3.05, 3.63) is 48.5 Å². The molecule has 2 aromatic carbocycles. The van der Waals surface area contributed by atoms with Crippen molar-refractivity contribution in [1.82, 2.24) is 9.88 Å². The quantitative estimate of drug-likeness (QED) is 0.513. The minimum absolute atomic E-state index is 0.202. The normalized spacial score (nSPS) is 21.2. The summed E-state index contributed by atoms with van der Waals surface area (Å²) in [5.74, 6) is 2.60. The van der Waals surface area contributed by atoms with Crippen LogP contribution in [0.25, 0.3) is 22.2 Å². The first-order valence-electron chi connectivity index (χ1n) is 11.6. The van der Waals surface area contributed by atoms with E-state index in [4.69, 9.17) is 14.5 Å². The summed E-state index contributed by atoms with van der Waals surface area (Å²) in [6.07, 6.45) is 0. The van der Waals surface area contributed by atoms with Crippen molar-refractivity contribution in [2.24, 2.45) is 11.8 Å². The standard InChI is InChI=1S/C26H31N3O4S/c1-28(2)10-11-33-21-6-4-18(5-7-21)24-13-26(23-9-8-22(32-3)12-25(23)27-24)29-14-19-16-34(30,31)17-20(19)15-29/h4-9,12-13,19-20H,10-11,14-17H2,1-3H3. The summed E-state index contributed by atoms with van der Waals surface area (Å²) in [7, 11) is 2.81. The molecular weight excluding hydrogens is 450 g/mol. The maximum atomic E-state index is 12.1. The number of fused-ring (bicyclic) bond motifs is 2. The van der Waals surface area contributed by atoms with Crippen LogP contribution in [-0.4, -0.2) is 77.3 Å². The largest absolute Gasteiger partial charge is 0.497 e. The van der Waals surface area contributed by atoms with Gasteiger partial charge in [-0.15, -0.1) is 0 Å². The number of likely N-dealkylation sites (N-methyl/N-ethyl adjacent to an activating group) is 1. The molecule has 2 aliphatic rings. The molecule has 5 rings (SSSR count). The third kappa shape index (κ3) is 4.70. The number of ether oxygens (including phenoxy) is 2. The zero-order chi connectivity index (χ0) is 23.9. The zero-order valence-electron chi connectivity index (χ0n) is 19.9. The lowest BCUT2D eigenvalue weighted by Gasteiger charge is -2.23.